The Balaban J connectivity index is 1.52. The number of thiophene rings is 1. The van der Waals surface area contributed by atoms with Gasteiger partial charge < -0.3 is 14.8 Å². The molecule has 3 aromatic rings. The van der Waals surface area contributed by atoms with Crippen molar-refractivity contribution in [3.05, 3.63) is 71.6 Å². The Morgan fingerprint density at radius 1 is 1.03 bits per heavy atom. The van der Waals surface area contributed by atoms with Crippen LogP contribution in [-0.4, -0.2) is 41.6 Å². The average Bonchev–Trinajstić information content (AvgIpc) is 3.32. The second-order valence-corrected chi connectivity index (χ2v) is 9.38. The number of hydrogen-bond donors (Lipinski definition) is 1. The van der Waals surface area contributed by atoms with Gasteiger partial charge in [-0.1, -0.05) is 6.07 Å². The number of carbonyl (C=O) groups excluding carboxylic acids is 1. The van der Waals surface area contributed by atoms with E-state index in [-0.39, 0.29) is 10.1 Å². The third-order valence-electron chi connectivity index (χ3n) is 4.32. The minimum Gasteiger partial charge on any atom is -0.497 e. The minimum atomic E-state index is -3.60. The fourth-order valence-corrected chi connectivity index (χ4v) is 4.97. The predicted molar refractivity (Wildman–Crippen MR) is 117 cm³/mol. The lowest BCUT2D eigenvalue weighted by Crippen LogP contribution is -2.28. The third kappa shape index (κ3) is 5.11. The van der Waals surface area contributed by atoms with E-state index in [0.717, 1.165) is 17.1 Å². The summed E-state index contributed by atoms with van der Waals surface area (Å²) in [5.74, 6) is 1.17. The van der Waals surface area contributed by atoms with Crippen molar-refractivity contribution >= 4 is 33.0 Å². The van der Waals surface area contributed by atoms with Gasteiger partial charge in [0.2, 0.25) is 0 Å². The number of anilines is 1. The van der Waals surface area contributed by atoms with Crippen LogP contribution in [0.2, 0.25) is 0 Å². The summed E-state index contributed by atoms with van der Waals surface area (Å²) < 4.78 is 37.3. The average molecular weight is 447 g/mol. The van der Waals surface area contributed by atoms with E-state index in [9.17, 15) is 13.2 Å². The molecule has 0 aliphatic carbocycles. The van der Waals surface area contributed by atoms with Crippen molar-refractivity contribution < 1.29 is 22.7 Å². The molecule has 0 spiro atoms. The van der Waals surface area contributed by atoms with Gasteiger partial charge in [0.1, 0.15) is 22.3 Å². The molecule has 158 valence electrons. The number of methoxy groups -OCH3 is 1. The van der Waals surface area contributed by atoms with Gasteiger partial charge in [0.25, 0.3) is 15.9 Å². The van der Waals surface area contributed by atoms with Crippen LogP contribution in [0.3, 0.4) is 0 Å². The number of rotatable bonds is 9. The Kier molecular flexibility index (Phi) is 6.96. The van der Waals surface area contributed by atoms with Crippen LogP contribution in [0.5, 0.6) is 11.5 Å². The maximum Gasteiger partial charge on any atom is 0.273 e. The molecule has 3 rings (SSSR count). The van der Waals surface area contributed by atoms with E-state index in [4.69, 9.17) is 9.47 Å². The highest BCUT2D eigenvalue weighted by Crippen LogP contribution is 2.25. The van der Waals surface area contributed by atoms with Crippen molar-refractivity contribution in [3.8, 4) is 11.5 Å². The highest BCUT2D eigenvalue weighted by molar-refractivity contribution is 7.94. The molecule has 0 saturated carbocycles. The van der Waals surface area contributed by atoms with E-state index in [2.05, 4.69) is 5.32 Å². The van der Waals surface area contributed by atoms with Gasteiger partial charge >= 0.3 is 0 Å². The highest BCUT2D eigenvalue weighted by atomic mass is 32.2. The van der Waals surface area contributed by atoms with Crippen LogP contribution in [0, 0.1) is 0 Å². The van der Waals surface area contributed by atoms with Gasteiger partial charge in [-0.15, -0.1) is 11.3 Å². The van der Waals surface area contributed by atoms with Crippen LogP contribution >= 0.6 is 11.3 Å². The summed E-state index contributed by atoms with van der Waals surface area (Å²) in [6, 6.07) is 16.8. The lowest BCUT2D eigenvalue weighted by atomic mass is 10.2. The molecule has 9 heteroatoms. The first-order valence-corrected chi connectivity index (χ1v) is 11.4. The Bertz CT molecular complexity index is 1060. The monoisotopic (exact) mass is 446 g/mol. The summed E-state index contributed by atoms with van der Waals surface area (Å²) in [5.41, 5.74) is 0.910. The molecule has 1 heterocycles. The highest BCUT2D eigenvalue weighted by Gasteiger charge is 2.22. The fraction of sp³-hybridized carbons (Fsp3) is 0.190. The van der Waals surface area contributed by atoms with Gasteiger partial charge in [0.15, 0.2) is 0 Å². The smallest absolute Gasteiger partial charge is 0.273 e. The zero-order chi connectivity index (χ0) is 21.6. The van der Waals surface area contributed by atoms with Crippen LogP contribution in [-0.2, 0) is 10.0 Å². The summed E-state index contributed by atoms with van der Waals surface area (Å²) in [7, 11) is -0.521. The molecule has 0 fully saturated rings. The molecule has 0 unspecified atom stereocenters. The van der Waals surface area contributed by atoms with Crippen LogP contribution in [0.25, 0.3) is 0 Å². The molecule has 0 atom stereocenters. The summed E-state index contributed by atoms with van der Waals surface area (Å²) in [5, 5.41) is 4.49. The minimum absolute atomic E-state index is 0.261. The molecule has 1 amide bonds. The van der Waals surface area contributed by atoms with Gasteiger partial charge in [-0.05, 0) is 60.0 Å². The second kappa shape index (κ2) is 9.64. The van der Waals surface area contributed by atoms with Gasteiger partial charge in [0, 0.05) is 12.6 Å². The Morgan fingerprint density at radius 2 is 1.70 bits per heavy atom. The van der Waals surface area contributed by atoms with Crippen molar-refractivity contribution in [2.45, 2.75) is 4.21 Å². The number of nitrogens with zero attached hydrogens (tertiary/aromatic N) is 1. The number of sulfonamides is 1. The van der Waals surface area contributed by atoms with E-state index in [1.807, 2.05) is 0 Å². The predicted octanol–water partition coefficient (Wildman–Crippen LogP) is 3.39. The number of ether oxygens (including phenoxy) is 2. The van der Waals surface area contributed by atoms with Gasteiger partial charge in [-0.2, -0.15) is 0 Å². The first-order chi connectivity index (χ1) is 14.4. The standard InChI is InChI=1S/C21H22N2O5S2/c1-23(30(25,26)20-4-3-15-29-20)17-7-5-16(6-8-17)21(24)22-13-14-28-19-11-9-18(27-2)10-12-19/h3-12,15H,13-14H2,1-2H3,(H,22,24). The van der Waals surface area contributed by atoms with E-state index >= 15 is 0 Å². The number of amides is 1. The van der Waals surface area contributed by atoms with Crippen LogP contribution in [0.1, 0.15) is 10.4 Å². The SMILES string of the molecule is COc1ccc(OCCNC(=O)c2ccc(N(C)S(=O)(=O)c3cccs3)cc2)cc1. The number of hydrogen-bond acceptors (Lipinski definition) is 6. The quantitative estimate of drug-likeness (QED) is 0.510. The summed E-state index contributed by atoms with van der Waals surface area (Å²) in [4.78, 5) is 12.3. The lowest BCUT2D eigenvalue weighted by molar-refractivity contribution is 0.0947. The summed E-state index contributed by atoms with van der Waals surface area (Å²) >= 11 is 1.16. The first kappa shape index (κ1) is 21.7. The van der Waals surface area contributed by atoms with Crippen molar-refractivity contribution in [3.63, 3.8) is 0 Å². The van der Waals surface area contributed by atoms with Crippen molar-refractivity contribution in [2.75, 3.05) is 31.6 Å². The number of benzene rings is 2. The molecule has 0 bridgehead atoms. The van der Waals surface area contributed by atoms with E-state index in [1.165, 1.54) is 11.4 Å². The second-order valence-electron chi connectivity index (χ2n) is 6.23. The van der Waals surface area contributed by atoms with E-state index in [0.29, 0.717) is 30.2 Å². The number of nitrogens with one attached hydrogen (secondary N) is 1. The van der Waals surface area contributed by atoms with Gasteiger partial charge in [-0.25, -0.2) is 8.42 Å². The zero-order valence-corrected chi connectivity index (χ0v) is 18.2. The molecule has 7 nitrogen and oxygen atoms in total. The largest absolute Gasteiger partial charge is 0.497 e. The molecule has 0 radical (unpaired) electrons. The van der Waals surface area contributed by atoms with Crippen molar-refractivity contribution in [2.24, 2.45) is 0 Å². The molecular weight excluding hydrogens is 424 g/mol. The first-order valence-electron chi connectivity index (χ1n) is 9.09. The van der Waals surface area contributed by atoms with E-state index in [1.54, 1.807) is 73.2 Å². The lowest BCUT2D eigenvalue weighted by Gasteiger charge is -2.18. The molecule has 0 aliphatic heterocycles. The van der Waals surface area contributed by atoms with Crippen LogP contribution in [0.15, 0.2) is 70.3 Å². The molecular formula is C21H22N2O5S2. The molecule has 30 heavy (non-hydrogen) atoms. The summed E-state index contributed by atoms with van der Waals surface area (Å²) in [6.45, 7) is 0.650. The normalized spacial score (nSPS) is 11.0. The molecule has 2 aromatic carbocycles. The maximum atomic E-state index is 12.6. The number of carbonyl (C=O) groups is 1. The molecule has 0 aliphatic rings. The van der Waals surface area contributed by atoms with E-state index < -0.39 is 10.0 Å². The van der Waals surface area contributed by atoms with Crippen LogP contribution < -0.4 is 19.1 Å². The maximum absolute atomic E-state index is 12.6. The van der Waals surface area contributed by atoms with Gasteiger partial charge in [-0.3, -0.25) is 9.10 Å². The Hall–Kier alpha value is -3.04. The fourth-order valence-electron chi connectivity index (χ4n) is 2.61. The molecule has 1 aromatic heterocycles. The topological polar surface area (TPSA) is 84.9 Å². The Labute approximate surface area is 179 Å². The zero-order valence-electron chi connectivity index (χ0n) is 16.6. The van der Waals surface area contributed by atoms with Crippen molar-refractivity contribution in [1.82, 2.24) is 5.32 Å². The third-order valence-corrected chi connectivity index (χ3v) is 7.48. The Morgan fingerprint density at radius 3 is 2.30 bits per heavy atom. The van der Waals surface area contributed by atoms with Crippen LogP contribution in [0.4, 0.5) is 5.69 Å². The summed E-state index contributed by atoms with van der Waals surface area (Å²) in [6.07, 6.45) is 0. The molecule has 1 N–H and O–H groups in total. The van der Waals surface area contributed by atoms with Gasteiger partial charge in [0.05, 0.1) is 19.3 Å². The molecule has 0 saturated heterocycles. The van der Waals surface area contributed by atoms with Crippen molar-refractivity contribution in [1.29, 1.82) is 0 Å².